The van der Waals surface area contributed by atoms with Crippen molar-refractivity contribution in [1.82, 2.24) is 9.99 Å². The molecule has 0 radical (unpaired) electrons. The molecule has 4 rings (SSSR count). The molecule has 0 unspecified atom stereocenters. The second-order valence-electron chi connectivity index (χ2n) is 7.24. The average Bonchev–Trinajstić information content (AvgIpc) is 3.37. The number of carbonyl (C=O) groups excluding carboxylic acids is 1. The molecule has 0 bridgehead atoms. The smallest absolute Gasteiger partial charge is 0.245 e. The Morgan fingerprint density at radius 3 is 2.86 bits per heavy atom. The third kappa shape index (κ3) is 3.72. The number of rotatable bonds is 5. The van der Waals surface area contributed by atoms with E-state index < -0.39 is 0 Å². The lowest BCUT2D eigenvalue weighted by atomic mass is 10.00. The first kappa shape index (κ1) is 19.5. The molecule has 0 N–H and O–H groups in total. The minimum atomic E-state index is -0.332. The molecule has 29 heavy (non-hydrogen) atoms. The highest BCUT2D eigenvalue weighted by Crippen LogP contribution is 2.38. The van der Waals surface area contributed by atoms with Gasteiger partial charge in [-0.3, -0.25) is 4.79 Å². The molecule has 1 atom stereocenters. The van der Waals surface area contributed by atoms with Gasteiger partial charge in [-0.1, -0.05) is 25.4 Å². The number of amides is 1. The number of halogens is 1. The second kappa shape index (κ2) is 7.87. The summed E-state index contributed by atoms with van der Waals surface area (Å²) in [6.07, 6.45) is 2.11. The Labute approximate surface area is 174 Å². The molecule has 1 aliphatic heterocycles. The fourth-order valence-corrected chi connectivity index (χ4v) is 3.71. The lowest BCUT2D eigenvalue weighted by molar-refractivity contribution is -0.136. The molecule has 6 nitrogen and oxygen atoms in total. The van der Waals surface area contributed by atoms with Crippen LogP contribution >= 0.6 is 11.6 Å². The molecule has 150 valence electrons. The van der Waals surface area contributed by atoms with Crippen LogP contribution in [0.25, 0.3) is 10.9 Å². The average molecular weight is 412 g/mol. The van der Waals surface area contributed by atoms with Gasteiger partial charge in [-0.15, -0.1) is 0 Å². The largest absolute Gasteiger partial charge is 0.494 e. The number of hydrazone groups is 1. The van der Waals surface area contributed by atoms with E-state index in [0.29, 0.717) is 23.9 Å². The highest BCUT2D eigenvalue weighted by atomic mass is 35.5. The zero-order valence-corrected chi connectivity index (χ0v) is 17.3. The Hall–Kier alpha value is -2.86. The molecule has 0 saturated heterocycles. The van der Waals surface area contributed by atoms with Crippen LogP contribution < -0.4 is 4.74 Å². The highest BCUT2D eigenvalue weighted by Gasteiger charge is 2.36. The van der Waals surface area contributed by atoms with E-state index in [-0.39, 0.29) is 17.9 Å². The summed E-state index contributed by atoms with van der Waals surface area (Å²) in [6.45, 7) is 6.23. The number of furan rings is 1. The van der Waals surface area contributed by atoms with Crippen LogP contribution in [0.1, 0.15) is 44.6 Å². The van der Waals surface area contributed by atoms with Gasteiger partial charge in [0.05, 0.1) is 24.4 Å². The molecule has 1 aliphatic rings. The second-order valence-corrected chi connectivity index (χ2v) is 7.60. The Balaban J connectivity index is 1.75. The van der Waals surface area contributed by atoms with E-state index in [2.05, 4.69) is 10.1 Å². The number of fused-ring (bicyclic) bond motifs is 1. The molecular weight excluding hydrogens is 390 g/mol. The zero-order valence-electron chi connectivity index (χ0n) is 16.6. The summed E-state index contributed by atoms with van der Waals surface area (Å²) in [5.74, 6) is 1.13. The van der Waals surface area contributed by atoms with Crippen molar-refractivity contribution in [2.24, 2.45) is 11.0 Å². The Morgan fingerprint density at radius 1 is 1.34 bits per heavy atom. The molecule has 0 saturated carbocycles. The van der Waals surface area contributed by atoms with Gasteiger partial charge in [0.15, 0.2) is 0 Å². The predicted octanol–water partition coefficient (Wildman–Crippen LogP) is 5.21. The molecule has 1 aromatic carbocycles. The third-order valence-corrected chi connectivity index (χ3v) is 5.18. The SMILES string of the molecule is CCOc1ccc2cc([C@H]3CC(c4ccco4)=NN3C(=O)C(C)C)c(Cl)nc2c1. The summed E-state index contributed by atoms with van der Waals surface area (Å²) >= 11 is 6.57. The van der Waals surface area contributed by atoms with Gasteiger partial charge in [0.1, 0.15) is 22.4 Å². The number of benzene rings is 1. The molecule has 3 heterocycles. The maximum atomic E-state index is 12.8. The van der Waals surface area contributed by atoms with Crippen molar-refractivity contribution in [3.8, 4) is 5.75 Å². The maximum absolute atomic E-state index is 12.8. The lowest BCUT2D eigenvalue weighted by Crippen LogP contribution is -2.30. The van der Waals surface area contributed by atoms with Crippen molar-refractivity contribution in [2.75, 3.05) is 6.61 Å². The molecule has 0 spiro atoms. The van der Waals surface area contributed by atoms with E-state index in [1.54, 1.807) is 12.3 Å². The van der Waals surface area contributed by atoms with Crippen LogP contribution in [0.3, 0.4) is 0 Å². The highest BCUT2D eigenvalue weighted by molar-refractivity contribution is 6.30. The third-order valence-electron chi connectivity index (χ3n) is 4.88. The number of pyridine rings is 1. The van der Waals surface area contributed by atoms with Gasteiger partial charge in [0.25, 0.3) is 0 Å². The van der Waals surface area contributed by atoms with Crippen LogP contribution in [-0.2, 0) is 4.79 Å². The van der Waals surface area contributed by atoms with Crippen molar-refractivity contribution in [3.63, 3.8) is 0 Å². The minimum Gasteiger partial charge on any atom is -0.494 e. The molecule has 1 amide bonds. The van der Waals surface area contributed by atoms with E-state index in [1.165, 1.54) is 5.01 Å². The Morgan fingerprint density at radius 2 is 2.17 bits per heavy atom. The number of nitrogens with zero attached hydrogens (tertiary/aromatic N) is 3. The first-order chi connectivity index (χ1) is 14.0. The van der Waals surface area contributed by atoms with Crippen molar-refractivity contribution in [3.05, 3.63) is 59.1 Å². The van der Waals surface area contributed by atoms with E-state index in [1.807, 2.05) is 51.1 Å². The molecule has 3 aromatic rings. The van der Waals surface area contributed by atoms with Crippen LogP contribution in [-0.4, -0.2) is 28.2 Å². The fourth-order valence-electron chi connectivity index (χ4n) is 3.44. The van der Waals surface area contributed by atoms with E-state index >= 15 is 0 Å². The Kier molecular flexibility index (Phi) is 5.28. The molecule has 0 aliphatic carbocycles. The van der Waals surface area contributed by atoms with Crippen LogP contribution in [0, 0.1) is 5.92 Å². The summed E-state index contributed by atoms with van der Waals surface area (Å²) in [4.78, 5) is 17.4. The molecule has 2 aromatic heterocycles. The number of carbonyl (C=O) groups is 1. The number of hydrogen-bond acceptors (Lipinski definition) is 5. The predicted molar refractivity (Wildman–Crippen MR) is 112 cm³/mol. The number of aromatic nitrogens is 1. The Bertz CT molecular complexity index is 1080. The van der Waals surface area contributed by atoms with Crippen LogP contribution in [0.15, 0.2) is 52.2 Å². The normalized spacial score (nSPS) is 16.5. The number of hydrogen-bond donors (Lipinski definition) is 0. The quantitative estimate of drug-likeness (QED) is 0.540. The van der Waals surface area contributed by atoms with Gasteiger partial charge in [-0.2, -0.15) is 5.10 Å². The summed E-state index contributed by atoms with van der Waals surface area (Å²) in [5, 5.41) is 7.37. The summed E-state index contributed by atoms with van der Waals surface area (Å²) in [6, 6.07) is 11.0. The van der Waals surface area contributed by atoms with Crippen LogP contribution in [0.4, 0.5) is 0 Å². The van der Waals surface area contributed by atoms with Crippen molar-refractivity contribution < 1.29 is 13.9 Å². The van der Waals surface area contributed by atoms with Crippen molar-refractivity contribution in [1.29, 1.82) is 0 Å². The van der Waals surface area contributed by atoms with Gasteiger partial charge in [-0.05, 0) is 37.3 Å². The van der Waals surface area contributed by atoms with E-state index in [9.17, 15) is 4.79 Å². The monoisotopic (exact) mass is 411 g/mol. The first-order valence-corrected chi connectivity index (χ1v) is 10.0. The van der Waals surface area contributed by atoms with E-state index in [0.717, 1.165) is 27.9 Å². The molecular formula is C22H22ClN3O3. The number of ether oxygens (including phenoxy) is 1. The van der Waals surface area contributed by atoms with Crippen LogP contribution in [0.2, 0.25) is 5.15 Å². The fraction of sp³-hybridized carbons (Fsp3) is 0.318. The standard InChI is InChI=1S/C22H22ClN3O3/c1-4-28-15-8-7-14-10-16(21(23)24-17(14)11-15)19-12-18(20-6-5-9-29-20)25-26(19)22(27)13(2)3/h5-11,13,19H,4,12H2,1-3H3/t19-/m1/s1. The topological polar surface area (TPSA) is 67.9 Å². The zero-order chi connectivity index (χ0) is 20.5. The summed E-state index contributed by atoms with van der Waals surface area (Å²) in [5.41, 5.74) is 2.23. The minimum absolute atomic E-state index is 0.0700. The maximum Gasteiger partial charge on any atom is 0.245 e. The van der Waals surface area contributed by atoms with Crippen LogP contribution in [0.5, 0.6) is 5.75 Å². The van der Waals surface area contributed by atoms with Gasteiger partial charge in [0.2, 0.25) is 5.91 Å². The first-order valence-electron chi connectivity index (χ1n) is 9.65. The van der Waals surface area contributed by atoms with Gasteiger partial charge in [0, 0.05) is 29.4 Å². The van der Waals surface area contributed by atoms with Gasteiger partial charge < -0.3 is 9.15 Å². The lowest BCUT2D eigenvalue weighted by Gasteiger charge is -2.24. The molecule has 7 heteroatoms. The van der Waals surface area contributed by atoms with Gasteiger partial charge in [-0.25, -0.2) is 9.99 Å². The summed E-state index contributed by atoms with van der Waals surface area (Å²) < 4.78 is 11.0. The summed E-state index contributed by atoms with van der Waals surface area (Å²) in [7, 11) is 0. The van der Waals surface area contributed by atoms with Crippen molar-refractivity contribution >= 4 is 34.1 Å². The van der Waals surface area contributed by atoms with Gasteiger partial charge >= 0.3 is 0 Å². The van der Waals surface area contributed by atoms with E-state index in [4.69, 9.17) is 20.8 Å². The van der Waals surface area contributed by atoms with Crippen molar-refractivity contribution in [2.45, 2.75) is 33.2 Å². The molecule has 0 fully saturated rings.